The number of nitrogens with zero attached hydrogens (tertiary/aromatic N) is 2. The maximum atomic E-state index is 13.6. The van der Waals surface area contributed by atoms with Crippen LogP contribution in [0.2, 0.25) is 0 Å². The highest BCUT2D eigenvalue weighted by Gasteiger charge is 2.56. The standard InChI is InChI=1S/C26H36N4O2/c1-30-14-21(27-23(31)25-8-15-2-16(9-25)4-17(3-15)10-25)22(29-30)28-24(32)26-11-18-5-19(12-26)7-20(6-18)13-26/h14-20H,2-13H2,1H3,(H,27,31)(H,28,29,32). The Labute approximate surface area is 190 Å². The van der Waals surface area contributed by atoms with Gasteiger partial charge in [0.2, 0.25) is 11.8 Å². The molecular weight excluding hydrogens is 400 g/mol. The van der Waals surface area contributed by atoms with Crippen molar-refractivity contribution >= 4 is 23.3 Å². The predicted octanol–water partition coefficient (Wildman–Crippen LogP) is 4.73. The molecule has 0 radical (unpaired) electrons. The van der Waals surface area contributed by atoms with Crippen molar-refractivity contribution in [1.82, 2.24) is 9.78 Å². The Morgan fingerprint density at radius 2 is 1.12 bits per heavy atom. The van der Waals surface area contributed by atoms with Crippen molar-refractivity contribution in [3.63, 3.8) is 0 Å². The molecule has 0 saturated heterocycles. The molecule has 0 aliphatic heterocycles. The summed E-state index contributed by atoms with van der Waals surface area (Å²) in [5.41, 5.74) is 0.255. The van der Waals surface area contributed by atoms with E-state index >= 15 is 0 Å². The fourth-order valence-corrected chi connectivity index (χ4v) is 9.94. The summed E-state index contributed by atoms with van der Waals surface area (Å²) < 4.78 is 1.71. The lowest BCUT2D eigenvalue weighted by Crippen LogP contribution is -2.52. The first-order chi connectivity index (χ1) is 15.4. The average Bonchev–Trinajstić information content (AvgIpc) is 3.04. The van der Waals surface area contributed by atoms with Gasteiger partial charge in [-0.25, -0.2) is 0 Å². The van der Waals surface area contributed by atoms with Gasteiger partial charge in [-0.3, -0.25) is 14.3 Å². The Bertz CT molecular complexity index is 832. The lowest BCUT2D eigenvalue weighted by atomic mass is 9.49. The van der Waals surface area contributed by atoms with E-state index in [0.29, 0.717) is 11.5 Å². The number of aromatic nitrogens is 2. The first-order valence-electron chi connectivity index (χ1n) is 13.0. The quantitative estimate of drug-likeness (QED) is 0.716. The zero-order chi connectivity index (χ0) is 21.7. The fraction of sp³-hybridized carbons (Fsp3) is 0.808. The van der Waals surface area contributed by atoms with Gasteiger partial charge in [-0.2, -0.15) is 5.10 Å². The fourth-order valence-electron chi connectivity index (χ4n) is 9.94. The van der Waals surface area contributed by atoms with Gasteiger partial charge in [0, 0.05) is 7.05 Å². The van der Waals surface area contributed by atoms with Crippen LogP contribution in [0.3, 0.4) is 0 Å². The number of hydrogen-bond donors (Lipinski definition) is 2. The molecule has 8 aliphatic carbocycles. The van der Waals surface area contributed by atoms with E-state index in [0.717, 1.165) is 74.0 Å². The molecule has 8 saturated carbocycles. The number of carbonyl (C=O) groups excluding carboxylic acids is 2. The second-order valence-electron chi connectivity index (χ2n) is 12.9. The molecule has 8 fully saturated rings. The van der Waals surface area contributed by atoms with Crippen LogP contribution in [0, 0.1) is 46.3 Å². The van der Waals surface area contributed by atoms with Crippen LogP contribution in [0.4, 0.5) is 11.5 Å². The lowest BCUT2D eigenvalue weighted by molar-refractivity contribution is -0.141. The smallest absolute Gasteiger partial charge is 0.231 e. The summed E-state index contributed by atoms with van der Waals surface area (Å²) >= 11 is 0. The molecule has 6 nitrogen and oxygen atoms in total. The van der Waals surface area contributed by atoms with Crippen LogP contribution < -0.4 is 10.6 Å². The molecule has 1 heterocycles. The molecule has 2 N–H and O–H groups in total. The zero-order valence-electron chi connectivity index (χ0n) is 19.2. The van der Waals surface area contributed by atoms with E-state index in [1.807, 2.05) is 13.2 Å². The number of amides is 2. The predicted molar refractivity (Wildman–Crippen MR) is 122 cm³/mol. The molecule has 8 aliphatic rings. The molecule has 2 amide bonds. The van der Waals surface area contributed by atoms with Gasteiger partial charge < -0.3 is 10.6 Å². The second kappa shape index (κ2) is 6.60. The average molecular weight is 437 g/mol. The van der Waals surface area contributed by atoms with Gasteiger partial charge in [-0.15, -0.1) is 0 Å². The SMILES string of the molecule is Cn1cc(NC(=O)C23CC4CC(CC(C4)C2)C3)c(NC(=O)C23CC4CC(CC(C4)C2)C3)n1. The Balaban J connectivity index is 1.10. The van der Waals surface area contributed by atoms with Gasteiger partial charge in [-0.1, -0.05) is 0 Å². The Kier molecular flexibility index (Phi) is 4.04. The Morgan fingerprint density at radius 3 is 1.53 bits per heavy atom. The van der Waals surface area contributed by atoms with E-state index in [1.54, 1.807) is 4.68 Å². The van der Waals surface area contributed by atoms with Crippen molar-refractivity contribution in [1.29, 1.82) is 0 Å². The monoisotopic (exact) mass is 436 g/mol. The minimum Gasteiger partial charge on any atom is -0.321 e. The molecule has 1 aromatic rings. The number of anilines is 2. The molecule has 32 heavy (non-hydrogen) atoms. The van der Waals surface area contributed by atoms with Crippen LogP contribution in [0.15, 0.2) is 6.20 Å². The normalized spacial score (nSPS) is 45.3. The van der Waals surface area contributed by atoms with E-state index in [1.165, 1.54) is 38.5 Å². The van der Waals surface area contributed by atoms with Crippen LogP contribution in [0.25, 0.3) is 0 Å². The molecule has 8 bridgehead atoms. The zero-order valence-corrected chi connectivity index (χ0v) is 19.2. The van der Waals surface area contributed by atoms with E-state index in [9.17, 15) is 9.59 Å². The summed E-state index contributed by atoms with van der Waals surface area (Å²) in [5, 5.41) is 11.0. The number of rotatable bonds is 4. The first-order valence-corrected chi connectivity index (χ1v) is 13.0. The van der Waals surface area contributed by atoms with Crippen LogP contribution in [0.5, 0.6) is 0 Å². The lowest BCUT2D eigenvalue weighted by Gasteiger charge is -2.55. The van der Waals surface area contributed by atoms with Gasteiger partial charge >= 0.3 is 0 Å². The molecule has 0 aromatic carbocycles. The summed E-state index contributed by atoms with van der Waals surface area (Å²) in [7, 11) is 1.86. The Hall–Kier alpha value is -1.85. The first kappa shape index (κ1) is 19.6. The topological polar surface area (TPSA) is 76.0 Å². The Morgan fingerprint density at radius 1 is 0.750 bits per heavy atom. The molecule has 9 rings (SSSR count). The summed E-state index contributed by atoms with van der Waals surface area (Å²) in [6, 6.07) is 0. The summed E-state index contributed by atoms with van der Waals surface area (Å²) in [4.78, 5) is 27.1. The summed E-state index contributed by atoms with van der Waals surface area (Å²) in [6.07, 6.45) is 16.0. The van der Waals surface area contributed by atoms with Crippen LogP contribution >= 0.6 is 0 Å². The summed E-state index contributed by atoms with van der Waals surface area (Å²) in [5.74, 6) is 5.22. The molecular formula is C26H36N4O2. The van der Waals surface area contributed by atoms with Crippen LogP contribution in [0.1, 0.15) is 77.0 Å². The number of carbonyl (C=O) groups is 2. The maximum absolute atomic E-state index is 13.6. The van der Waals surface area contributed by atoms with Gasteiger partial charge in [0.05, 0.1) is 17.0 Å². The van der Waals surface area contributed by atoms with Gasteiger partial charge in [-0.05, 0) is 113 Å². The van der Waals surface area contributed by atoms with Crippen LogP contribution in [-0.4, -0.2) is 21.6 Å². The molecule has 1 aromatic heterocycles. The van der Waals surface area contributed by atoms with Crippen molar-refractivity contribution in [3.8, 4) is 0 Å². The molecule has 172 valence electrons. The second-order valence-corrected chi connectivity index (χ2v) is 12.9. The minimum absolute atomic E-state index is 0.139. The van der Waals surface area contributed by atoms with E-state index in [2.05, 4.69) is 15.7 Å². The highest BCUT2D eigenvalue weighted by Crippen LogP contribution is 2.61. The number of hydrogen-bond acceptors (Lipinski definition) is 3. The highest BCUT2D eigenvalue weighted by atomic mass is 16.2. The molecule has 0 unspecified atom stereocenters. The molecule has 0 atom stereocenters. The molecule has 0 spiro atoms. The molecule has 6 heteroatoms. The third-order valence-electron chi connectivity index (χ3n) is 10.3. The van der Waals surface area contributed by atoms with Gasteiger partial charge in [0.1, 0.15) is 5.69 Å². The van der Waals surface area contributed by atoms with Crippen LogP contribution in [-0.2, 0) is 16.6 Å². The van der Waals surface area contributed by atoms with E-state index in [4.69, 9.17) is 0 Å². The van der Waals surface area contributed by atoms with Gasteiger partial charge in [0.15, 0.2) is 5.82 Å². The van der Waals surface area contributed by atoms with E-state index in [-0.39, 0.29) is 22.6 Å². The highest BCUT2D eigenvalue weighted by molar-refractivity contribution is 6.02. The third kappa shape index (κ3) is 2.93. The summed E-state index contributed by atoms with van der Waals surface area (Å²) in [6.45, 7) is 0. The minimum atomic E-state index is -0.215. The van der Waals surface area contributed by atoms with Gasteiger partial charge in [0.25, 0.3) is 0 Å². The maximum Gasteiger partial charge on any atom is 0.231 e. The third-order valence-corrected chi connectivity index (χ3v) is 10.3. The number of nitrogens with one attached hydrogen (secondary N) is 2. The van der Waals surface area contributed by atoms with Crippen molar-refractivity contribution < 1.29 is 9.59 Å². The largest absolute Gasteiger partial charge is 0.321 e. The van der Waals surface area contributed by atoms with Crippen molar-refractivity contribution in [3.05, 3.63) is 6.20 Å². The van der Waals surface area contributed by atoms with E-state index < -0.39 is 0 Å². The number of aryl methyl sites for hydroxylation is 1. The van der Waals surface area contributed by atoms with Crippen molar-refractivity contribution in [2.45, 2.75) is 77.0 Å². The van der Waals surface area contributed by atoms with Crippen molar-refractivity contribution in [2.75, 3.05) is 10.6 Å². The van der Waals surface area contributed by atoms with Crippen molar-refractivity contribution in [2.24, 2.45) is 53.4 Å².